The third-order valence-corrected chi connectivity index (χ3v) is 4.56. The molecule has 1 aliphatic heterocycles. The molecule has 0 aromatic heterocycles. The average molecular weight is 340 g/mol. The molecule has 1 heterocycles. The Morgan fingerprint density at radius 3 is 2.32 bits per heavy atom. The molecule has 0 atom stereocenters. The zero-order chi connectivity index (χ0) is 17.6. The highest BCUT2D eigenvalue weighted by Gasteiger charge is 2.23. The van der Waals surface area contributed by atoms with Crippen LogP contribution in [0.5, 0.6) is 11.5 Å². The number of anilines is 1. The van der Waals surface area contributed by atoms with Gasteiger partial charge < -0.3 is 19.3 Å². The van der Waals surface area contributed by atoms with Crippen LogP contribution in [0.1, 0.15) is 5.56 Å². The molecule has 1 saturated heterocycles. The van der Waals surface area contributed by atoms with Crippen LogP contribution in [0.15, 0.2) is 48.5 Å². The summed E-state index contributed by atoms with van der Waals surface area (Å²) in [6, 6.07) is 15.7. The van der Waals surface area contributed by atoms with Gasteiger partial charge in [-0.1, -0.05) is 30.3 Å². The van der Waals surface area contributed by atoms with Crippen molar-refractivity contribution in [1.82, 2.24) is 4.90 Å². The average Bonchev–Trinajstić information content (AvgIpc) is 2.68. The van der Waals surface area contributed by atoms with E-state index in [-0.39, 0.29) is 5.91 Å². The van der Waals surface area contributed by atoms with Gasteiger partial charge in [-0.15, -0.1) is 0 Å². The van der Waals surface area contributed by atoms with Crippen molar-refractivity contribution in [3.8, 4) is 11.5 Å². The van der Waals surface area contributed by atoms with E-state index in [1.165, 1.54) is 0 Å². The number of carbonyl (C=O) groups excluding carboxylic acids is 1. The van der Waals surface area contributed by atoms with Crippen LogP contribution in [0.3, 0.4) is 0 Å². The molecule has 0 spiro atoms. The molecular weight excluding hydrogens is 316 g/mol. The van der Waals surface area contributed by atoms with Crippen LogP contribution in [0, 0.1) is 0 Å². The molecule has 1 amide bonds. The second-order valence-electron chi connectivity index (χ2n) is 6.07. The summed E-state index contributed by atoms with van der Waals surface area (Å²) in [4.78, 5) is 16.7. The van der Waals surface area contributed by atoms with Gasteiger partial charge in [-0.3, -0.25) is 4.79 Å². The summed E-state index contributed by atoms with van der Waals surface area (Å²) in [5.74, 6) is 1.76. The smallest absolute Gasteiger partial charge is 0.227 e. The fraction of sp³-hybridized carbons (Fsp3) is 0.350. The van der Waals surface area contributed by atoms with E-state index in [4.69, 9.17) is 9.47 Å². The van der Waals surface area contributed by atoms with Crippen molar-refractivity contribution >= 4 is 11.6 Å². The van der Waals surface area contributed by atoms with Gasteiger partial charge in [0.25, 0.3) is 0 Å². The second-order valence-corrected chi connectivity index (χ2v) is 6.07. The maximum Gasteiger partial charge on any atom is 0.227 e. The van der Waals surface area contributed by atoms with Gasteiger partial charge in [0.05, 0.1) is 26.3 Å². The summed E-state index contributed by atoms with van der Waals surface area (Å²) in [6.45, 7) is 3.04. The zero-order valence-corrected chi connectivity index (χ0v) is 14.8. The van der Waals surface area contributed by atoms with Gasteiger partial charge in [0, 0.05) is 32.2 Å². The highest BCUT2D eigenvalue weighted by Crippen LogP contribution is 2.32. The standard InChI is InChI=1S/C20H24N2O3/c1-24-17-8-9-18(19(15-17)25-2)21-10-12-22(13-11-21)20(23)14-16-6-4-3-5-7-16/h3-9,15H,10-14H2,1-2H3. The largest absolute Gasteiger partial charge is 0.497 e. The van der Waals surface area contributed by atoms with Crippen molar-refractivity contribution in [1.29, 1.82) is 0 Å². The molecule has 0 unspecified atom stereocenters. The summed E-state index contributed by atoms with van der Waals surface area (Å²) in [5.41, 5.74) is 2.10. The number of ether oxygens (including phenoxy) is 2. The minimum Gasteiger partial charge on any atom is -0.497 e. The van der Waals surface area contributed by atoms with Gasteiger partial charge in [0.2, 0.25) is 5.91 Å². The molecule has 1 aliphatic rings. The predicted octanol–water partition coefficient (Wildman–Crippen LogP) is 2.60. The van der Waals surface area contributed by atoms with Crippen molar-refractivity contribution in [3.63, 3.8) is 0 Å². The maximum absolute atomic E-state index is 12.5. The van der Waals surface area contributed by atoms with E-state index < -0.39 is 0 Å². The van der Waals surface area contributed by atoms with Gasteiger partial charge in [0.1, 0.15) is 11.5 Å². The summed E-state index contributed by atoms with van der Waals surface area (Å²) in [7, 11) is 3.31. The fourth-order valence-electron chi connectivity index (χ4n) is 3.13. The van der Waals surface area contributed by atoms with Crippen molar-refractivity contribution < 1.29 is 14.3 Å². The number of methoxy groups -OCH3 is 2. The molecule has 5 heteroatoms. The molecule has 0 N–H and O–H groups in total. The lowest BCUT2D eigenvalue weighted by Gasteiger charge is -2.36. The first-order valence-electron chi connectivity index (χ1n) is 8.50. The number of rotatable bonds is 5. The van der Waals surface area contributed by atoms with Crippen LogP contribution < -0.4 is 14.4 Å². The Balaban J connectivity index is 1.61. The number of amides is 1. The maximum atomic E-state index is 12.5. The SMILES string of the molecule is COc1ccc(N2CCN(C(=O)Cc3ccccc3)CC2)c(OC)c1. The highest BCUT2D eigenvalue weighted by molar-refractivity contribution is 5.79. The Morgan fingerprint density at radius 2 is 1.68 bits per heavy atom. The predicted molar refractivity (Wildman–Crippen MR) is 98.5 cm³/mol. The Morgan fingerprint density at radius 1 is 0.960 bits per heavy atom. The first-order chi connectivity index (χ1) is 12.2. The van der Waals surface area contributed by atoms with E-state index in [0.717, 1.165) is 48.9 Å². The molecule has 5 nitrogen and oxygen atoms in total. The summed E-state index contributed by atoms with van der Waals surface area (Å²) in [6.07, 6.45) is 0.465. The quantitative estimate of drug-likeness (QED) is 0.839. The minimum absolute atomic E-state index is 0.188. The third-order valence-electron chi connectivity index (χ3n) is 4.56. The van der Waals surface area contributed by atoms with Crippen LogP contribution in [0.4, 0.5) is 5.69 Å². The van der Waals surface area contributed by atoms with E-state index in [9.17, 15) is 4.79 Å². The van der Waals surface area contributed by atoms with Crippen LogP contribution in [-0.2, 0) is 11.2 Å². The van der Waals surface area contributed by atoms with Crippen LogP contribution >= 0.6 is 0 Å². The van der Waals surface area contributed by atoms with Gasteiger partial charge in [-0.05, 0) is 17.7 Å². The molecule has 1 fully saturated rings. The summed E-state index contributed by atoms with van der Waals surface area (Å²) < 4.78 is 10.7. The lowest BCUT2D eigenvalue weighted by atomic mass is 10.1. The Kier molecular flexibility index (Phi) is 5.43. The van der Waals surface area contributed by atoms with Crippen LogP contribution in [-0.4, -0.2) is 51.2 Å². The molecule has 132 valence electrons. The Hall–Kier alpha value is -2.69. The van der Waals surface area contributed by atoms with E-state index in [0.29, 0.717) is 6.42 Å². The fourth-order valence-corrected chi connectivity index (χ4v) is 3.13. The van der Waals surface area contributed by atoms with Crippen molar-refractivity contribution in [2.75, 3.05) is 45.3 Å². The van der Waals surface area contributed by atoms with E-state index in [1.807, 2.05) is 53.4 Å². The number of hydrogen-bond acceptors (Lipinski definition) is 4. The molecule has 2 aromatic carbocycles. The van der Waals surface area contributed by atoms with Crippen LogP contribution in [0.25, 0.3) is 0 Å². The normalized spacial score (nSPS) is 14.3. The number of carbonyl (C=O) groups is 1. The molecule has 3 rings (SSSR count). The number of piperazine rings is 1. The molecule has 2 aromatic rings. The van der Waals surface area contributed by atoms with Crippen molar-refractivity contribution in [2.24, 2.45) is 0 Å². The van der Waals surface area contributed by atoms with Crippen molar-refractivity contribution in [3.05, 3.63) is 54.1 Å². The molecule has 0 radical (unpaired) electrons. The lowest BCUT2D eigenvalue weighted by molar-refractivity contribution is -0.130. The van der Waals surface area contributed by atoms with E-state index in [1.54, 1.807) is 14.2 Å². The Bertz CT molecular complexity index is 710. The minimum atomic E-state index is 0.188. The first-order valence-corrected chi connectivity index (χ1v) is 8.50. The van der Waals surface area contributed by atoms with Crippen LogP contribution in [0.2, 0.25) is 0 Å². The summed E-state index contributed by atoms with van der Waals surface area (Å²) >= 11 is 0. The Labute approximate surface area is 148 Å². The van der Waals surface area contributed by atoms with E-state index in [2.05, 4.69) is 4.90 Å². The highest BCUT2D eigenvalue weighted by atomic mass is 16.5. The van der Waals surface area contributed by atoms with Crippen molar-refractivity contribution in [2.45, 2.75) is 6.42 Å². The number of benzene rings is 2. The molecular formula is C20H24N2O3. The number of hydrogen-bond donors (Lipinski definition) is 0. The zero-order valence-electron chi connectivity index (χ0n) is 14.8. The van der Waals surface area contributed by atoms with Gasteiger partial charge in [0.15, 0.2) is 0 Å². The summed E-state index contributed by atoms with van der Waals surface area (Å²) in [5, 5.41) is 0. The monoisotopic (exact) mass is 340 g/mol. The topological polar surface area (TPSA) is 42.0 Å². The van der Waals surface area contributed by atoms with E-state index >= 15 is 0 Å². The molecule has 0 saturated carbocycles. The molecule has 0 bridgehead atoms. The van der Waals surface area contributed by atoms with Gasteiger partial charge in [-0.2, -0.15) is 0 Å². The third kappa shape index (κ3) is 4.05. The van der Waals surface area contributed by atoms with Gasteiger partial charge in [-0.25, -0.2) is 0 Å². The molecule has 0 aliphatic carbocycles. The molecule has 25 heavy (non-hydrogen) atoms. The lowest BCUT2D eigenvalue weighted by Crippen LogP contribution is -2.49. The number of nitrogens with zero attached hydrogens (tertiary/aromatic N) is 2. The second kappa shape index (κ2) is 7.92. The van der Waals surface area contributed by atoms with Gasteiger partial charge >= 0.3 is 0 Å². The first kappa shape index (κ1) is 17.1.